The van der Waals surface area contributed by atoms with Crippen molar-refractivity contribution in [1.82, 2.24) is 15.0 Å². The zero-order chi connectivity index (χ0) is 20.3. The lowest BCUT2D eigenvalue weighted by atomic mass is 9.97. The summed E-state index contributed by atoms with van der Waals surface area (Å²) in [6, 6.07) is 32.3. The molecule has 1 aromatic heterocycles. The van der Waals surface area contributed by atoms with Gasteiger partial charge in [-0.15, -0.1) is 15.0 Å². The van der Waals surface area contributed by atoms with E-state index in [0.29, 0.717) is 12.1 Å². The largest absolute Gasteiger partial charge is 0.505 e. The average Bonchev–Trinajstić information content (AvgIpc) is 3.21. The molecule has 5 aromatic rings. The summed E-state index contributed by atoms with van der Waals surface area (Å²) < 4.78 is 0. The molecular formula is C26H21N3O. The van der Waals surface area contributed by atoms with Crippen LogP contribution in [0, 0.1) is 0 Å². The van der Waals surface area contributed by atoms with Crippen LogP contribution in [-0.4, -0.2) is 20.1 Å². The number of phenolic OH excluding ortho intramolecular Hbond substituents is 1. The van der Waals surface area contributed by atoms with Gasteiger partial charge in [0.1, 0.15) is 22.5 Å². The zero-order valence-corrected chi connectivity index (χ0v) is 16.4. The van der Waals surface area contributed by atoms with Gasteiger partial charge in [0.05, 0.1) is 0 Å². The van der Waals surface area contributed by atoms with Crippen molar-refractivity contribution in [2.24, 2.45) is 0 Å². The Morgan fingerprint density at radius 3 is 1.73 bits per heavy atom. The molecule has 0 aliphatic heterocycles. The molecule has 4 nitrogen and oxygen atoms in total. The number of nitrogens with zero attached hydrogens (tertiary/aromatic N) is 3. The van der Waals surface area contributed by atoms with Gasteiger partial charge in [0, 0.05) is 12.0 Å². The van der Waals surface area contributed by atoms with Crippen LogP contribution in [0.15, 0.2) is 97.1 Å². The molecule has 0 saturated heterocycles. The van der Waals surface area contributed by atoms with Gasteiger partial charge in [-0.1, -0.05) is 78.9 Å². The van der Waals surface area contributed by atoms with Gasteiger partial charge < -0.3 is 5.11 Å². The molecule has 5 rings (SSSR count). The number of phenols is 1. The summed E-state index contributed by atoms with van der Waals surface area (Å²) in [7, 11) is 0. The quantitative estimate of drug-likeness (QED) is 0.442. The first-order valence-electron chi connectivity index (χ1n) is 10.0. The van der Waals surface area contributed by atoms with Crippen molar-refractivity contribution in [2.45, 2.75) is 12.8 Å². The van der Waals surface area contributed by atoms with Crippen molar-refractivity contribution < 1.29 is 5.11 Å². The lowest BCUT2D eigenvalue weighted by Gasteiger charge is -2.13. The topological polar surface area (TPSA) is 50.9 Å². The second-order valence-electron chi connectivity index (χ2n) is 7.43. The molecule has 0 atom stereocenters. The fourth-order valence-electron chi connectivity index (χ4n) is 3.75. The minimum absolute atomic E-state index is 0.218. The normalized spacial score (nSPS) is 11.1. The van der Waals surface area contributed by atoms with Gasteiger partial charge in [0.15, 0.2) is 0 Å². The monoisotopic (exact) mass is 391 g/mol. The van der Waals surface area contributed by atoms with E-state index in [4.69, 9.17) is 0 Å². The molecule has 0 unspecified atom stereocenters. The van der Waals surface area contributed by atoms with Gasteiger partial charge in [0.2, 0.25) is 0 Å². The molecule has 4 heteroatoms. The van der Waals surface area contributed by atoms with Crippen molar-refractivity contribution in [3.63, 3.8) is 0 Å². The molecule has 0 aliphatic rings. The number of hydrogen-bond acceptors (Lipinski definition) is 3. The van der Waals surface area contributed by atoms with Crippen molar-refractivity contribution in [3.05, 3.63) is 119 Å². The van der Waals surface area contributed by atoms with Crippen LogP contribution in [0.3, 0.4) is 0 Å². The van der Waals surface area contributed by atoms with E-state index in [9.17, 15) is 5.11 Å². The third kappa shape index (κ3) is 3.67. The Labute approximate surface area is 175 Å². The Kier molecular flexibility index (Phi) is 4.74. The molecule has 1 heterocycles. The van der Waals surface area contributed by atoms with E-state index in [-0.39, 0.29) is 5.75 Å². The van der Waals surface area contributed by atoms with E-state index in [1.54, 1.807) is 4.80 Å². The van der Waals surface area contributed by atoms with Crippen LogP contribution in [0.25, 0.3) is 16.7 Å². The van der Waals surface area contributed by atoms with Gasteiger partial charge in [-0.25, -0.2) is 0 Å². The standard InChI is InChI=1S/C26H21N3O/c30-26-22(16-20-11-5-2-6-12-20)17-21(15-19-9-3-1-4-10-19)18-25(26)29-27-23-13-7-8-14-24(23)28-29/h1-14,17-18,30H,15-16H2. The number of fused-ring (bicyclic) bond motifs is 1. The van der Waals surface area contributed by atoms with Crippen LogP contribution in [0.1, 0.15) is 22.3 Å². The molecule has 0 saturated carbocycles. The van der Waals surface area contributed by atoms with Crippen LogP contribution in [0.5, 0.6) is 5.75 Å². The number of aromatic hydroxyl groups is 1. The maximum Gasteiger partial charge on any atom is 0.146 e. The second kappa shape index (κ2) is 7.84. The van der Waals surface area contributed by atoms with E-state index >= 15 is 0 Å². The molecule has 0 amide bonds. The number of benzene rings is 4. The van der Waals surface area contributed by atoms with Gasteiger partial charge in [-0.3, -0.25) is 0 Å². The van der Waals surface area contributed by atoms with E-state index in [2.05, 4.69) is 40.5 Å². The zero-order valence-electron chi connectivity index (χ0n) is 16.4. The van der Waals surface area contributed by atoms with Crippen molar-refractivity contribution in [3.8, 4) is 11.4 Å². The first-order valence-corrected chi connectivity index (χ1v) is 10.0. The van der Waals surface area contributed by atoms with Crippen LogP contribution < -0.4 is 0 Å². The second-order valence-corrected chi connectivity index (χ2v) is 7.43. The molecule has 0 radical (unpaired) electrons. The highest BCUT2D eigenvalue weighted by Gasteiger charge is 2.15. The highest BCUT2D eigenvalue weighted by Crippen LogP contribution is 2.31. The van der Waals surface area contributed by atoms with Crippen molar-refractivity contribution >= 4 is 11.0 Å². The predicted molar refractivity (Wildman–Crippen MR) is 119 cm³/mol. The van der Waals surface area contributed by atoms with Crippen LogP contribution >= 0.6 is 0 Å². The van der Waals surface area contributed by atoms with Gasteiger partial charge >= 0.3 is 0 Å². The molecule has 0 fully saturated rings. The summed E-state index contributed by atoms with van der Waals surface area (Å²) >= 11 is 0. The summed E-state index contributed by atoms with van der Waals surface area (Å²) in [5.41, 5.74) is 6.55. The molecule has 0 aliphatic carbocycles. The number of hydrogen-bond donors (Lipinski definition) is 1. The Balaban J connectivity index is 1.62. The van der Waals surface area contributed by atoms with Crippen LogP contribution in [-0.2, 0) is 12.8 Å². The first-order chi connectivity index (χ1) is 14.8. The van der Waals surface area contributed by atoms with Gasteiger partial charge in [-0.2, -0.15) is 0 Å². The summed E-state index contributed by atoms with van der Waals surface area (Å²) in [5.74, 6) is 0.218. The van der Waals surface area contributed by atoms with E-state index < -0.39 is 0 Å². The fraction of sp³-hybridized carbons (Fsp3) is 0.0769. The van der Waals surface area contributed by atoms with E-state index in [1.807, 2.05) is 66.7 Å². The summed E-state index contributed by atoms with van der Waals surface area (Å²) in [6.45, 7) is 0. The minimum atomic E-state index is 0.218. The SMILES string of the molecule is Oc1c(Cc2ccccc2)cc(Cc2ccccc2)cc1-n1nc2ccccc2n1. The lowest BCUT2D eigenvalue weighted by Crippen LogP contribution is -2.03. The molecular weight excluding hydrogens is 370 g/mol. The van der Waals surface area contributed by atoms with Crippen LogP contribution in [0.4, 0.5) is 0 Å². The molecule has 0 spiro atoms. The third-order valence-corrected chi connectivity index (χ3v) is 5.22. The summed E-state index contributed by atoms with van der Waals surface area (Å²) in [4.78, 5) is 1.54. The summed E-state index contributed by atoms with van der Waals surface area (Å²) in [5, 5.41) is 20.3. The lowest BCUT2D eigenvalue weighted by molar-refractivity contribution is 0.461. The molecule has 1 N–H and O–H groups in total. The minimum Gasteiger partial charge on any atom is -0.505 e. The Hall–Kier alpha value is -3.92. The third-order valence-electron chi connectivity index (χ3n) is 5.22. The maximum atomic E-state index is 11.1. The molecule has 146 valence electrons. The van der Waals surface area contributed by atoms with E-state index in [0.717, 1.165) is 34.1 Å². The van der Waals surface area contributed by atoms with Crippen molar-refractivity contribution in [2.75, 3.05) is 0 Å². The predicted octanol–water partition coefficient (Wildman–Crippen LogP) is 5.31. The van der Waals surface area contributed by atoms with Gasteiger partial charge in [0.25, 0.3) is 0 Å². The molecule has 4 aromatic carbocycles. The molecule has 30 heavy (non-hydrogen) atoms. The smallest absolute Gasteiger partial charge is 0.146 e. The van der Waals surface area contributed by atoms with Crippen LogP contribution in [0.2, 0.25) is 0 Å². The Bertz CT molecular complexity index is 1260. The average molecular weight is 391 g/mol. The highest BCUT2D eigenvalue weighted by atomic mass is 16.3. The number of rotatable bonds is 5. The van der Waals surface area contributed by atoms with E-state index in [1.165, 1.54) is 5.56 Å². The number of aromatic nitrogens is 3. The highest BCUT2D eigenvalue weighted by molar-refractivity contribution is 5.73. The van der Waals surface area contributed by atoms with Gasteiger partial charge in [-0.05, 0) is 41.3 Å². The Morgan fingerprint density at radius 1 is 0.600 bits per heavy atom. The Morgan fingerprint density at radius 2 is 1.13 bits per heavy atom. The fourth-order valence-corrected chi connectivity index (χ4v) is 3.75. The van der Waals surface area contributed by atoms with Crippen molar-refractivity contribution in [1.29, 1.82) is 0 Å². The molecule has 0 bridgehead atoms. The first kappa shape index (κ1) is 18.1. The maximum absolute atomic E-state index is 11.1. The summed E-state index contributed by atoms with van der Waals surface area (Å²) in [6.07, 6.45) is 1.42.